The topological polar surface area (TPSA) is 73.3 Å². The van der Waals surface area contributed by atoms with Gasteiger partial charge in [0.1, 0.15) is 5.76 Å². The highest BCUT2D eigenvalue weighted by Crippen LogP contribution is 2.11. The first-order valence-corrected chi connectivity index (χ1v) is 5.79. The monoisotopic (exact) mass is 247 g/mol. The number of ether oxygens (including phenoxy) is 1. The molecule has 2 aromatic rings. The molecule has 5 nitrogen and oxygen atoms in total. The van der Waals surface area contributed by atoms with Crippen LogP contribution in [0.5, 0.6) is 5.88 Å². The van der Waals surface area contributed by atoms with Crippen molar-refractivity contribution < 1.29 is 9.15 Å². The van der Waals surface area contributed by atoms with Crippen LogP contribution >= 0.6 is 0 Å². The molecule has 0 saturated carbocycles. The van der Waals surface area contributed by atoms with Crippen LogP contribution in [0.4, 0.5) is 0 Å². The van der Waals surface area contributed by atoms with E-state index >= 15 is 0 Å². The SMILES string of the molecule is COc1ccc(CC(Cc2ccco2)NN)cn1. The van der Waals surface area contributed by atoms with E-state index in [-0.39, 0.29) is 6.04 Å². The minimum atomic E-state index is 0.117. The van der Waals surface area contributed by atoms with Crippen LogP contribution < -0.4 is 16.0 Å². The Kier molecular flexibility index (Phi) is 4.33. The average molecular weight is 247 g/mol. The van der Waals surface area contributed by atoms with Crippen molar-refractivity contribution in [3.05, 3.63) is 48.0 Å². The Bertz CT molecular complexity index is 454. The maximum atomic E-state index is 5.56. The van der Waals surface area contributed by atoms with E-state index in [1.807, 2.05) is 24.3 Å². The molecule has 0 spiro atoms. The van der Waals surface area contributed by atoms with E-state index in [2.05, 4.69) is 10.4 Å². The third kappa shape index (κ3) is 3.32. The van der Waals surface area contributed by atoms with E-state index in [1.54, 1.807) is 19.6 Å². The van der Waals surface area contributed by atoms with Gasteiger partial charge in [-0.15, -0.1) is 0 Å². The van der Waals surface area contributed by atoms with Gasteiger partial charge in [0.15, 0.2) is 0 Å². The lowest BCUT2D eigenvalue weighted by Gasteiger charge is -2.14. The van der Waals surface area contributed by atoms with E-state index in [0.717, 1.165) is 24.2 Å². The van der Waals surface area contributed by atoms with Gasteiger partial charge in [-0.1, -0.05) is 6.07 Å². The Hall–Kier alpha value is -1.85. The Morgan fingerprint density at radius 2 is 2.28 bits per heavy atom. The van der Waals surface area contributed by atoms with Gasteiger partial charge in [0.05, 0.1) is 13.4 Å². The molecule has 2 rings (SSSR count). The van der Waals surface area contributed by atoms with Gasteiger partial charge in [-0.2, -0.15) is 0 Å². The summed E-state index contributed by atoms with van der Waals surface area (Å²) in [4.78, 5) is 4.17. The van der Waals surface area contributed by atoms with Crippen molar-refractivity contribution >= 4 is 0 Å². The fourth-order valence-electron chi connectivity index (χ4n) is 1.80. The van der Waals surface area contributed by atoms with Crippen molar-refractivity contribution in [1.29, 1.82) is 0 Å². The smallest absolute Gasteiger partial charge is 0.212 e. The highest BCUT2D eigenvalue weighted by Gasteiger charge is 2.11. The molecule has 0 bridgehead atoms. The zero-order valence-electron chi connectivity index (χ0n) is 10.3. The van der Waals surface area contributed by atoms with Crippen molar-refractivity contribution in [2.45, 2.75) is 18.9 Å². The van der Waals surface area contributed by atoms with Crippen molar-refractivity contribution in [3.63, 3.8) is 0 Å². The standard InChI is InChI=1S/C13H17N3O2/c1-17-13-5-4-10(9-15-13)7-11(16-14)8-12-3-2-6-18-12/h2-6,9,11,16H,7-8,14H2,1H3. The highest BCUT2D eigenvalue weighted by molar-refractivity contribution is 5.19. The average Bonchev–Trinajstić information content (AvgIpc) is 2.91. The van der Waals surface area contributed by atoms with E-state index in [1.165, 1.54) is 0 Å². The van der Waals surface area contributed by atoms with Crippen molar-refractivity contribution in [2.24, 2.45) is 5.84 Å². The van der Waals surface area contributed by atoms with E-state index in [9.17, 15) is 0 Å². The summed E-state index contributed by atoms with van der Waals surface area (Å²) >= 11 is 0. The number of hydrazine groups is 1. The first kappa shape index (κ1) is 12.6. The Labute approximate surface area is 106 Å². The van der Waals surface area contributed by atoms with E-state index in [4.69, 9.17) is 15.0 Å². The fraction of sp³-hybridized carbons (Fsp3) is 0.308. The Morgan fingerprint density at radius 3 is 2.83 bits per heavy atom. The molecular formula is C13H17N3O2. The first-order valence-electron chi connectivity index (χ1n) is 5.79. The second kappa shape index (κ2) is 6.18. The van der Waals surface area contributed by atoms with Gasteiger partial charge >= 0.3 is 0 Å². The molecule has 96 valence electrons. The van der Waals surface area contributed by atoms with Crippen LogP contribution in [0, 0.1) is 0 Å². The summed E-state index contributed by atoms with van der Waals surface area (Å²) in [7, 11) is 1.60. The molecule has 1 unspecified atom stereocenters. The Balaban J connectivity index is 1.96. The molecule has 0 aliphatic rings. The molecular weight excluding hydrogens is 230 g/mol. The van der Waals surface area contributed by atoms with Gasteiger partial charge < -0.3 is 9.15 Å². The van der Waals surface area contributed by atoms with Gasteiger partial charge in [-0.25, -0.2) is 4.98 Å². The second-order valence-corrected chi connectivity index (χ2v) is 4.06. The molecule has 5 heteroatoms. The van der Waals surface area contributed by atoms with Gasteiger partial charge in [-0.3, -0.25) is 11.3 Å². The number of pyridine rings is 1. The normalized spacial score (nSPS) is 12.3. The van der Waals surface area contributed by atoms with Crippen LogP contribution in [-0.4, -0.2) is 18.1 Å². The molecule has 18 heavy (non-hydrogen) atoms. The zero-order chi connectivity index (χ0) is 12.8. The number of nitrogens with zero attached hydrogens (tertiary/aromatic N) is 1. The van der Waals surface area contributed by atoms with Crippen LogP contribution in [0.2, 0.25) is 0 Å². The third-order valence-corrected chi connectivity index (χ3v) is 2.75. The van der Waals surface area contributed by atoms with Crippen molar-refractivity contribution in [3.8, 4) is 5.88 Å². The summed E-state index contributed by atoms with van der Waals surface area (Å²) in [6, 6.07) is 7.76. The predicted molar refractivity (Wildman–Crippen MR) is 68.0 cm³/mol. The lowest BCUT2D eigenvalue weighted by molar-refractivity contribution is 0.397. The van der Waals surface area contributed by atoms with Gasteiger partial charge in [0.25, 0.3) is 0 Å². The first-order chi connectivity index (χ1) is 8.81. The number of rotatable bonds is 6. The molecule has 0 aromatic carbocycles. The van der Waals surface area contributed by atoms with Crippen LogP contribution in [0.15, 0.2) is 41.1 Å². The van der Waals surface area contributed by atoms with Crippen LogP contribution in [0.25, 0.3) is 0 Å². The van der Waals surface area contributed by atoms with Gasteiger partial charge in [-0.05, 0) is 24.1 Å². The molecule has 0 fully saturated rings. The van der Waals surface area contributed by atoms with Gasteiger partial charge in [0, 0.05) is 24.7 Å². The van der Waals surface area contributed by atoms with E-state index in [0.29, 0.717) is 5.88 Å². The maximum absolute atomic E-state index is 5.56. The zero-order valence-corrected chi connectivity index (χ0v) is 10.3. The summed E-state index contributed by atoms with van der Waals surface area (Å²) in [6.45, 7) is 0. The Morgan fingerprint density at radius 1 is 1.39 bits per heavy atom. The van der Waals surface area contributed by atoms with E-state index < -0.39 is 0 Å². The lowest BCUT2D eigenvalue weighted by Crippen LogP contribution is -2.38. The number of methoxy groups -OCH3 is 1. The van der Waals surface area contributed by atoms with Gasteiger partial charge in [0.2, 0.25) is 5.88 Å². The number of aromatic nitrogens is 1. The molecule has 0 aliphatic heterocycles. The maximum Gasteiger partial charge on any atom is 0.212 e. The highest BCUT2D eigenvalue weighted by atomic mass is 16.5. The fourth-order valence-corrected chi connectivity index (χ4v) is 1.80. The minimum absolute atomic E-state index is 0.117. The molecule has 3 N–H and O–H groups in total. The molecule has 2 heterocycles. The lowest BCUT2D eigenvalue weighted by atomic mass is 10.0. The minimum Gasteiger partial charge on any atom is -0.481 e. The summed E-state index contributed by atoms with van der Waals surface area (Å²) in [5.41, 5.74) is 3.90. The molecule has 0 amide bonds. The number of hydrogen-bond donors (Lipinski definition) is 2. The summed E-state index contributed by atoms with van der Waals surface area (Å²) in [5.74, 6) is 7.09. The number of nitrogens with two attached hydrogens (primary N) is 1. The predicted octanol–water partition coefficient (Wildman–Crippen LogP) is 1.30. The molecule has 2 aromatic heterocycles. The van der Waals surface area contributed by atoms with Crippen LogP contribution in [0.1, 0.15) is 11.3 Å². The van der Waals surface area contributed by atoms with Crippen molar-refractivity contribution in [2.75, 3.05) is 7.11 Å². The quantitative estimate of drug-likeness (QED) is 0.594. The molecule has 0 radical (unpaired) electrons. The number of nitrogens with one attached hydrogen (secondary N) is 1. The summed E-state index contributed by atoms with van der Waals surface area (Å²) in [5, 5.41) is 0. The molecule has 1 atom stereocenters. The number of furan rings is 1. The largest absolute Gasteiger partial charge is 0.481 e. The number of hydrogen-bond acceptors (Lipinski definition) is 5. The van der Waals surface area contributed by atoms with Crippen LogP contribution in [-0.2, 0) is 12.8 Å². The third-order valence-electron chi connectivity index (χ3n) is 2.75. The van der Waals surface area contributed by atoms with Crippen molar-refractivity contribution in [1.82, 2.24) is 10.4 Å². The van der Waals surface area contributed by atoms with Crippen LogP contribution in [0.3, 0.4) is 0 Å². The molecule has 0 saturated heterocycles. The molecule has 0 aliphatic carbocycles. The second-order valence-electron chi connectivity index (χ2n) is 4.06. The summed E-state index contributed by atoms with van der Waals surface area (Å²) in [6.07, 6.45) is 4.99. The summed E-state index contributed by atoms with van der Waals surface area (Å²) < 4.78 is 10.3.